The van der Waals surface area contributed by atoms with Crippen LogP contribution in [0.4, 0.5) is 16.3 Å². The summed E-state index contributed by atoms with van der Waals surface area (Å²) in [5.41, 5.74) is 0.352. The minimum atomic E-state index is -0.501. The molecular formula is C20H24FN9O. The Kier molecular flexibility index (Phi) is 4.49. The fraction of sp³-hybridized carbons (Fsp3) is 0.500. The van der Waals surface area contributed by atoms with Gasteiger partial charge in [0.2, 0.25) is 11.9 Å². The van der Waals surface area contributed by atoms with Crippen LogP contribution in [-0.4, -0.2) is 60.9 Å². The van der Waals surface area contributed by atoms with E-state index >= 15 is 0 Å². The molecule has 1 aliphatic carbocycles. The van der Waals surface area contributed by atoms with Gasteiger partial charge >= 0.3 is 0 Å². The number of nitrogens with zero attached hydrogens (tertiary/aromatic N) is 9. The molecule has 0 radical (unpaired) electrons. The lowest BCUT2D eigenvalue weighted by Crippen LogP contribution is -2.37. The summed E-state index contributed by atoms with van der Waals surface area (Å²) in [7, 11) is 3.63. The second-order valence-electron chi connectivity index (χ2n) is 8.55. The molecule has 10 nitrogen and oxygen atoms in total. The van der Waals surface area contributed by atoms with E-state index in [0.29, 0.717) is 23.5 Å². The number of tetrazole rings is 1. The average Bonchev–Trinajstić information content (AvgIpc) is 3.11. The van der Waals surface area contributed by atoms with Crippen LogP contribution in [0.25, 0.3) is 11.3 Å². The maximum atomic E-state index is 14.2. The summed E-state index contributed by atoms with van der Waals surface area (Å²) in [4.78, 5) is 25.2. The number of pyridine rings is 1. The standard InChI is InChI=1S/C20H24FN9O/c1-11(2)30-20(24-25-26-30)29-9-13-14(10-29)18(13)28(4)19-23-16(7-17(31)27(19)3)12-5-6-22-8-15(12)21/h5-8,11,13-14,18H,9-10H2,1-4H3/t13-,14+,18?. The van der Waals surface area contributed by atoms with Crippen molar-refractivity contribution in [1.82, 2.24) is 34.7 Å². The largest absolute Gasteiger partial charge is 0.342 e. The van der Waals surface area contributed by atoms with Crippen LogP contribution in [0, 0.1) is 17.7 Å². The number of aromatic nitrogens is 7. The first kappa shape index (κ1) is 19.6. The van der Waals surface area contributed by atoms with E-state index in [1.807, 2.05) is 16.6 Å². The molecule has 31 heavy (non-hydrogen) atoms. The molecule has 0 spiro atoms. The van der Waals surface area contributed by atoms with Gasteiger partial charge in [-0.1, -0.05) is 5.10 Å². The number of hydrogen-bond acceptors (Lipinski definition) is 8. The fourth-order valence-corrected chi connectivity index (χ4v) is 4.66. The molecule has 0 amide bonds. The van der Waals surface area contributed by atoms with Gasteiger partial charge in [-0.2, -0.15) is 0 Å². The molecule has 4 heterocycles. The van der Waals surface area contributed by atoms with Gasteiger partial charge in [0.15, 0.2) is 5.82 Å². The van der Waals surface area contributed by atoms with Gasteiger partial charge in [0.1, 0.15) is 0 Å². The zero-order valence-electron chi connectivity index (χ0n) is 17.8. The maximum Gasteiger partial charge on any atom is 0.255 e. The molecule has 162 valence electrons. The topological polar surface area (TPSA) is 97.9 Å². The molecular weight excluding hydrogens is 401 g/mol. The van der Waals surface area contributed by atoms with Crippen molar-refractivity contribution in [2.24, 2.45) is 18.9 Å². The molecule has 3 aromatic rings. The van der Waals surface area contributed by atoms with Crippen LogP contribution in [0.1, 0.15) is 19.9 Å². The van der Waals surface area contributed by atoms with Crippen molar-refractivity contribution in [2.45, 2.75) is 25.9 Å². The van der Waals surface area contributed by atoms with E-state index in [2.05, 4.69) is 44.2 Å². The Labute approximate surface area is 178 Å². The van der Waals surface area contributed by atoms with Crippen LogP contribution in [0.5, 0.6) is 0 Å². The lowest BCUT2D eigenvalue weighted by Gasteiger charge is -2.27. The minimum absolute atomic E-state index is 0.190. The van der Waals surface area contributed by atoms with Crippen molar-refractivity contribution < 1.29 is 4.39 Å². The van der Waals surface area contributed by atoms with Crippen LogP contribution in [-0.2, 0) is 7.05 Å². The molecule has 3 atom stereocenters. The van der Waals surface area contributed by atoms with Crippen LogP contribution in [0.2, 0.25) is 0 Å². The van der Waals surface area contributed by atoms with Crippen molar-refractivity contribution in [3.05, 3.63) is 40.7 Å². The Morgan fingerprint density at radius 3 is 2.68 bits per heavy atom. The third-order valence-electron chi connectivity index (χ3n) is 6.32. The monoisotopic (exact) mass is 425 g/mol. The predicted octanol–water partition coefficient (Wildman–Crippen LogP) is 1.12. The summed E-state index contributed by atoms with van der Waals surface area (Å²) < 4.78 is 17.6. The highest BCUT2D eigenvalue weighted by molar-refractivity contribution is 5.60. The minimum Gasteiger partial charge on any atom is -0.342 e. The first-order valence-electron chi connectivity index (χ1n) is 10.3. The molecule has 3 aromatic heterocycles. The molecule has 0 bridgehead atoms. The van der Waals surface area contributed by atoms with Crippen molar-refractivity contribution in [3.63, 3.8) is 0 Å². The van der Waals surface area contributed by atoms with Crippen molar-refractivity contribution in [2.75, 3.05) is 29.9 Å². The lowest BCUT2D eigenvalue weighted by atomic mass is 10.2. The summed E-state index contributed by atoms with van der Waals surface area (Å²) in [5.74, 6) is 1.68. The highest BCUT2D eigenvalue weighted by atomic mass is 19.1. The van der Waals surface area contributed by atoms with Gasteiger partial charge in [0.25, 0.3) is 5.56 Å². The quantitative estimate of drug-likeness (QED) is 0.600. The van der Waals surface area contributed by atoms with E-state index in [-0.39, 0.29) is 23.2 Å². The molecule has 2 aliphatic rings. The van der Waals surface area contributed by atoms with Crippen LogP contribution < -0.4 is 15.4 Å². The van der Waals surface area contributed by atoms with Gasteiger partial charge in [-0.05, 0) is 30.3 Å². The number of piperidine rings is 1. The van der Waals surface area contributed by atoms with Gasteiger partial charge in [0.05, 0.1) is 17.9 Å². The summed E-state index contributed by atoms with van der Waals surface area (Å²) in [6, 6.07) is 3.34. The Morgan fingerprint density at radius 2 is 2.00 bits per heavy atom. The number of rotatable bonds is 5. The molecule has 0 N–H and O–H groups in total. The normalized spacial score (nSPS) is 22.1. The highest BCUT2D eigenvalue weighted by Gasteiger charge is 2.59. The highest BCUT2D eigenvalue weighted by Crippen LogP contribution is 2.50. The van der Waals surface area contributed by atoms with Crippen molar-refractivity contribution in [3.8, 4) is 11.3 Å². The van der Waals surface area contributed by atoms with Crippen molar-refractivity contribution in [1.29, 1.82) is 0 Å². The number of anilines is 2. The van der Waals surface area contributed by atoms with Gasteiger partial charge in [-0.15, -0.1) is 0 Å². The molecule has 2 fully saturated rings. The van der Waals surface area contributed by atoms with Gasteiger partial charge in [-0.3, -0.25) is 14.3 Å². The Hall–Kier alpha value is -3.37. The van der Waals surface area contributed by atoms with Crippen LogP contribution >= 0.6 is 0 Å². The summed E-state index contributed by atoms with van der Waals surface area (Å²) in [6.07, 6.45) is 2.62. The van der Waals surface area contributed by atoms with Gasteiger partial charge in [-0.25, -0.2) is 14.1 Å². The smallest absolute Gasteiger partial charge is 0.255 e. The van der Waals surface area contributed by atoms with E-state index in [1.165, 1.54) is 22.9 Å². The van der Waals surface area contributed by atoms with Crippen LogP contribution in [0.15, 0.2) is 29.3 Å². The Bertz CT molecular complexity index is 1180. The molecule has 11 heteroatoms. The van der Waals surface area contributed by atoms with E-state index in [9.17, 15) is 9.18 Å². The number of fused-ring (bicyclic) bond motifs is 1. The SMILES string of the molecule is CC(C)n1nnnc1N1C[C@@H]2C(N(C)c3nc(-c4ccncc4F)cc(=O)n3C)[C@@H]2C1. The predicted molar refractivity (Wildman–Crippen MR) is 112 cm³/mol. The maximum absolute atomic E-state index is 14.2. The second kappa shape index (κ2) is 7.10. The van der Waals surface area contributed by atoms with E-state index < -0.39 is 5.82 Å². The summed E-state index contributed by atoms with van der Waals surface area (Å²) in [5, 5.41) is 12.1. The molecule has 1 unspecified atom stereocenters. The Balaban J connectivity index is 1.38. The molecule has 1 saturated carbocycles. The van der Waals surface area contributed by atoms with Crippen molar-refractivity contribution >= 4 is 11.9 Å². The van der Waals surface area contributed by atoms with E-state index in [1.54, 1.807) is 7.05 Å². The first-order valence-corrected chi connectivity index (χ1v) is 10.3. The average molecular weight is 425 g/mol. The molecule has 0 aromatic carbocycles. The second-order valence-corrected chi connectivity index (χ2v) is 8.55. The molecule has 1 aliphatic heterocycles. The zero-order chi connectivity index (χ0) is 21.9. The third kappa shape index (κ3) is 3.15. The third-order valence-corrected chi connectivity index (χ3v) is 6.32. The Morgan fingerprint density at radius 1 is 1.26 bits per heavy atom. The summed E-state index contributed by atoms with van der Waals surface area (Å²) >= 11 is 0. The van der Waals surface area contributed by atoms with Crippen LogP contribution in [0.3, 0.4) is 0 Å². The lowest BCUT2D eigenvalue weighted by molar-refractivity contribution is 0.507. The number of halogens is 1. The van der Waals surface area contributed by atoms with Gasteiger partial charge in [0, 0.05) is 62.9 Å². The number of hydrogen-bond donors (Lipinski definition) is 0. The molecule has 1 saturated heterocycles. The fourth-order valence-electron chi connectivity index (χ4n) is 4.66. The van der Waals surface area contributed by atoms with Gasteiger partial charge < -0.3 is 9.80 Å². The zero-order valence-corrected chi connectivity index (χ0v) is 17.8. The van der Waals surface area contributed by atoms with E-state index in [0.717, 1.165) is 25.2 Å². The molecule has 5 rings (SSSR count). The first-order chi connectivity index (χ1) is 14.9. The van der Waals surface area contributed by atoms with E-state index in [4.69, 9.17) is 0 Å². The summed E-state index contributed by atoms with van der Waals surface area (Å²) in [6.45, 7) is 5.80.